The number of nitrogens with one attached hydrogen (secondary N) is 1. The highest BCUT2D eigenvalue weighted by molar-refractivity contribution is 5.73. The Balaban J connectivity index is 2.12. The highest BCUT2D eigenvalue weighted by atomic mass is 16.4. The van der Waals surface area contributed by atoms with Crippen LogP contribution in [0, 0.1) is 19.8 Å². The van der Waals surface area contributed by atoms with Gasteiger partial charge in [-0.05, 0) is 32.3 Å². The van der Waals surface area contributed by atoms with Crippen LogP contribution in [0.3, 0.4) is 0 Å². The quantitative estimate of drug-likeness (QED) is 0.850. The van der Waals surface area contributed by atoms with E-state index in [4.69, 9.17) is 0 Å². The zero-order chi connectivity index (χ0) is 15.6. The minimum absolute atomic E-state index is 0.325. The summed E-state index contributed by atoms with van der Waals surface area (Å²) >= 11 is 0. The fourth-order valence-electron chi connectivity index (χ4n) is 2.37. The molecule has 0 aliphatic rings. The zero-order valence-corrected chi connectivity index (χ0v) is 12.9. The van der Waals surface area contributed by atoms with Gasteiger partial charge in [0.2, 0.25) is 5.78 Å². The molecule has 2 rings (SSSR count). The van der Waals surface area contributed by atoms with E-state index < -0.39 is 12.0 Å². The lowest BCUT2D eigenvalue weighted by Gasteiger charge is -2.15. The molecule has 1 atom stereocenters. The standard InChI is InChI=1S/C15H22N4O2/c1-9(2)5-13(14(20)21)16-7-12-8-19-11(4)6-10(3)17-15(19)18-12/h6,8-9,13,16H,5,7H2,1-4H3,(H,20,21). The second-order valence-corrected chi connectivity index (χ2v) is 5.84. The second-order valence-electron chi connectivity index (χ2n) is 5.84. The Morgan fingerprint density at radius 1 is 1.38 bits per heavy atom. The molecule has 21 heavy (non-hydrogen) atoms. The average molecular weight is 290 g/mol. The number of rotatable bonds is 6. The van der Waals surface area contributed by atoms with Crippen LogP contribution >= 0.6 is 0 Å². The highest BCUT2D eigenvalue weighted by Crippen LogP contribution is 2.10. The summed E-state index contributed by atoms with van der Waals surface area (Å²) in [7, 11) is 0. The number of aliphatic carboxylic acids is 1. The van der Waals surface area contributed by atoms with Crippen molar-refractivity contribution in [3.05, 3.63) is 29.3 Å². The molecule has 0 aliphatic heterocycles. The number of imidazole rings is 1. The summed E-state index contributed by atoms with van der Waals surface area (Å²) < 4.78 is 1.92. The van der Waals surface area contributed by atoms with Crippen LogP contribution in [0.2, 0.25) is 0 Å². The molecular formula is C15H22N4O2. The molecule has 0 amide bonds. The first-order valence-electron chi connectivity index (χ1n) is 7.15. The highest BCUT2D eigenvalue weighted by Gasteiger charge is 2.18. The van der Waals surface area contributed by atoms with E-state index in [1.807, 2.05) is 44.4 Å². The minimum Gasteiger partial charge on any atom is -0.480 e. The van der Waals surface area contributed by atoms with Crippen molar-refractivity contribution in [2.24, 2.45) is 5.92 Å². The molecule has 0 bridgehead atoms. The maximum absolute atomic E-state index is 11.2. The smallest absolute Gasteiger partial charge is 0.320 e. The van der Waals surface area contributed by atoms with Gasteiger partial charge in [0.05, 0.1) is 5.69 Å². The molecule has 0 aromatic carbocycles. The van der Waals surface area contributed by atoms with Gasteiger partial charge in [0.1, 0.15) is 6.04 Å². The lowest BCUT2D eigenvalue weighted by Crippen LogP contribution is -2.37. The summed E-state index contributed by atoms with van der Waals surface area (Å²) in [6.07, 6.45) is 2.50. The summed E-state index contributed by atoms with van der Waals surface area (Å²) in [5, 5.41) is 12.3. The third-order valence-corrected chi connectivity index (χ3v) is 3.35. The summed E-state index contributed by atoms with van der Waals surface area (Å²) in [4.78, 5) is 20.0. The second kappa shape index (κ2) is 6.22. The van der Waals surface area contributed by atoms with Crippen molar-refractivity contribution in [2.75, 3.05) is 0 Å². The van der Waals surface area contributed by atoms with Crippen molar-refractivity contribution in [1.82, 2.24) is 19.7 Å². The van der Waals surface area contributed by atoms with Crippen LogP contribution < -0.4 is 5.32 Å². The summed E-state index contributed by atoms with van der Waals surface area (Å²) in [6, 6.07) is 1.44. The Kier molecular flexibility index (Phi) is 4.57. The van der Waals surface area contributed by atoms with E-state index >= 15 is 0 Å². The van der Waals surface area contributed by atoms with Gasteiger partial charge >= 0.3 is 5.97 Å². The fourth-order valence-corrected chi connectivity index (χ4v) is 2.37. The number of hydrogen-bond donors (Lipinski definition) is 2. The molecule has 0 fully saturated rings. The van der Waals surface area contributed by atoms with Crippen LogP contribution in [0.4, 0.5) is 0 Å². The van der Waals surface area contributed by atoms with Crippen LogP contribution in [0.5, 0.6) is 0 Å². The van der Waals surface area contributed by atoms with E-state index in [1.54, 1.807) is 0 Å². The van der Waals surface area contributed by atoms with E-state index in [9.17, 15) is 9.90 Å². The molecule has 114 valence electrons. The van der Waals surface area contributed by atoms with Crippen molar-refractivity contribution in [1.29, 1.82) is 0 Å². The molecule has 0 saturated heterocycles. The summed E-state index contributed by atoms with van der Waals surface area (Å²) in [6.45, 7) is 8.38. The molecule has 6 nitrogen and oxygen atoms in total. The van der Waals surface area contributed by atoms with Crippen molar-refractivity contribution in [3.8, 4) is 0 Å². The lowest BCUT2D eigenvalue weighted by molar-refractivity contribution is -0.140. The molecule has 0 saturated carbocycles. The Hall–Kier alpha value is -1.95. The first kappa shape index (κ1) is 15.4. The van der Waals surface area contributed by atoms with E-state index in [1.165, 1.54) is 0 Å². The molecule has 2 aromatic rings. The van der Waals surface area contributed by atoms with Crippen molar-refractivity contribution < 1.29 is 9.90 Å². The SMILES string of the molecule is Cc1cc(C)n2cc(CNC(CC(C)C)C(=O)O)nc2n1. The number of nitrogens with zero attached hydrogens (tertiary/aromatic N) is 3. The molecule has 6 heteroatoms. The predicted molar refractivity (Wildman–Crippen MR) is 80.2 cm³/mol. The minimum atomic E-state index is -0.822. The molecule has 2 N–H and O–H groups in total. The largest absolute Gasteiger partial charge is 0.480 e. The molecular weight excluding hydrogens is 268 g/mol. The third kappa shape index (κ3) is 3.78. The molecule has 0 aliphatic carbocycles. The van der Waals surface area contributed by atoms with Gasteiger partial charge in [0.15, 0.2) is 0 Å². The Morgan fingerprint density at radius 2 is 2.10 bits per heavy atom. The van der Waals surface area contributed by atoms with E-state index in [2.05, 4.69) is 15.3 Å². The van der Waals surface area contributed by atoms with Crippen molar-refractivity contribution in [2.45, 2.75) is 46.7 Å². The maximum Gasteiger partial charge on any atom is 0.320 e. The van der Waals surface area contributed by atoms with E-state index in [0.29, 0.717) is 24.7 Å². The van der Waals surface area contributed by atoms with Gasteiger partial charge in [-0.15, -0.1) is 0 Å². The monoisotopic (exact) mass is 290 g/mol. The average Bonchev–Trinajstić information content (AvgIpc) is 2.76. The maximum atomic E-state index is 11.2. The predicted octanol–water partition coefficient (Wildman–Crippen LogP) is 1.94. The van der Waals surface area contributed by atoms with Gasteiger partial charge in [0.25, 0.3) is 0 Å². The summed E-state index contributed by atoms with van der Waals surface area (Å²) in [5.41, 5.74) is 2.78. The first-order valence-corrected chi connectivity index (χ1v) is 7.15. The van der Waals surface area contributed by atoms with Gasteiger partial charge in [-0.2, -0.15) is 0 Å². The van der Waals surface area contributed by atoms with Gasteiger partial charge < -0.3 is 5.11 Å². The van der Waals surface area contributed by atoms with Crippen molar-refractivity contribution >= 4 is 11.7 Å². The molecule has 0 radical (unpaired) electrons. The molecule has 2 heterocycles. The molecule has 1 unspecified atom stereocenters. The number of carbonyl (C=O) groups is 1. The Labute approximate surface area is 124 Å². The lowest BCUT2D eigenvalue weighted by atomic mass is 10.0. The topological polar surface area (TPSA) is 79.5 Å². The number of hydrogen-bond acceptors (Lipinski definition) is 4. The van der Waals surface area contributed by atoms with Gasteiger partial charge in [-0.3, -0.25) is 14.5 Å². The number of carboxylic acid groups (broad SMARTS) is 1. The fraction of sp³-hybridized carbons (Fsp3) is 0.533. The van der Waals surface area contributed by atoms with Crippen LogP contribution in [0.1, 0.15) is 37.4 Å². The zero-order valence-electron chi connectivity index (χ0n) is 12.9. The number of carboxylic acids is 1. The summed E-state index contributed by atoms with van der Waals surface area (Å²) in [5.74, 6) is 0.156. The van der Waals surface area contributed by atoms with E-state index in [-0.39, 0.29) is 0 Å². The third-order valence-electron chi connectivity index (χ3n) is 3.35. The number of fused-ring (bicyclic) bond motifs is 1. The van der Waals surface area contributed by atoms with Crippen molar-refractivity contribution in [3.63, 3.8) is 0 Å². The van der Waals surface area contributed by atoms with Crippen LogP contribution in [-0.4, -0.2) is 31.5 Å². The van der Waals surface area contributed by atoms with Crippen LogP contribution in [0.25, 0.3) is 5.78 Å². The van der Waals surface area contributed by atoms with Crippen LogP contribution in [0.15, 0.2) is 12.3 Å². The first-order chi connectivity index (χ1) is 9.86. The Morgan fingerprint density at radius 3 is 2.71 bits per heavy atom. The van der Waals surface area contributed by atoms with Gasteiger partial charge in [-0.25, -0.2) is 9.97 Å². The normalized spacial score (nSPS) is 13.0. The number of aromatic nitrogens is 3. The van der Waals surface area contributed by atoms with Crippen LogP contribution in [-0.2, 0) is 11.3 Å². The molecule has 0 spiro atoms. The number of aryl methyl sites for hydroxylation is 2. The van der Waals surface area contributed by atoms with E-state index in [0.717, 1.165) is 17.1 Å². The van der Waals surface area contributed by atoms with Gasteiger partial charge in [0, 0.05) is 24.1 Å². The van der Waals surface area contributed by atoms with Gasteiger partial charge in [-0.1, -0.05) is 13.8 Å². The Bertz CT molecular complexity index is 648. The molecule has 2 aromatic heterocycles.